The van der Waals surface area contributed by atoms with Crippen molar-refractivity contribution in [1.29, 1.82) is 0 Å². The zero-order valence-electron chi connectivity index (χ0n) is 21.5. The first-order chi connectivity index (χ1) is 19.0. The number of benzene rings is 3. The third-order valence-corrected chi connectivity index (χ3v) is 7.51. The molecule has 3 aromatic carbocycles. The van der Waals surface area contributed by atoms with Crippen molar-refractivity contribution in [2.75, 3.05) is 19.7 Å². The summed E-state index contributed by atoms with van der Waals surface area (Å²) in [5, 5.41) is 3.77. The Hall–Kier alpha value is -3.72. The quantitative estimate of drug-likeness (QED) is 0.327. The van der Waals surface area contributed by atoms with Crippen molar-refractivity contribution in [3.05, 3.63) is 106 Å². The van der Waals surface area contributed by atoms with Gasteiger partial charge in [-0.3, -0.25) is 19.2 Å². The first-order valence-electron chi connectivity index (χ1n) is 13.0. The number of hydroxylamine groups is 1. The molecule has 2 aliphatic rings. The van der Waals surface area contributed by atoms with Gasteiger partial charge in [0.05, 0.1) is 37.1 Å². The summed E-state index contributed by atoms with van der Waals surface area (Å²) in [4.78, 5) is 48.2. The summed E-state index contributed by atoms with van der Waals surface area (Å²) in [5.41, 5.74) is 5.26. The monoisotopic (exact) mass is 547 g/mol. The van der Waals surface area contributed by atoms with Crippen LogP contribution in [0.2, 0.25) is 5.02 Å². The molecule has 1 saturated heterocycles. The molecule has 4 unspecified atom stereocenters. The van der Waals surface area contributed by atoms with Crippen LogP contribution in [0.3, 0.4) is 0 Å². The third kappa shape index (κ3) is 5.54. The van der Waals surface area contributed by atoms with Gasteiger partial charge >= 0.3 is 5.97 Å². The maximum Gasteiger partial charge on any atom is 0.312 e. The van der Waals surface area contributed by atoms with Crippen LogP contribution in [0.5, 0.6) is 0 Å². The normalized spacial score (nSPS) is 22.3. The zero-order valence-corrected chi connectivity index (χ0v) is 22.3. The van der Waals surface area contributed by atoms with E-state index in [1.165, 1.54) is 0 Å². The summed E-state index contributed by atoms with van der Waals surface area (Å²) < 4.78 is 5.34. The molecular formula is C30H30ClN3O5. The highest BCUT2D eigenvalue weighted by Crippen LogP contribution is 2.45. The van der Waals surface area contributed by atoms with Crippen molar-refractivity contribution in [3.63, 3.8) is 0 Å². The third-order valence-electron chi connectivity index (χ3n) is 7.25. The Morgan fingerprint density at radius 3 is 2.46 bits per heavy atom. The number of nitrogens with one attached hydrogen (secondary N) is 2. The van der Waals surface area contributed by atoms with Crippen molar-refractivity contribution in [2.24, 2.45) is 5.92 Å². The van der Waals surface area contributed by atoms with E-state index < -0.39 is 29.8 Å². The van der Waals surface area contributed by atoms with Crippen molar-refractivity contribution >= 4 is 29.4 Å². The molecule has 2 aliphatic heterocycles. The Morgan fingerprint density at radius 2 is 1.72 bits per heavy atom. The summed E-state index contributed by atoms with van der Waals surface area (Å²) in [6.45, 7) is 2.94. The second-order valence-electron chi connectivity index (χ2n) is 9.60. The highest BCUT2D eigenvalue weighted by molar-refractivity contribution is 6.30. The lowest BCUT2D eigenvalue weighted by Crippen LogP contribution is -2.54. The molecule has 3 aromatic rings. The molecule has 5 rings (SSSR count). The van der Waals surface area contributed by atoms with Crippen LogP contribution >= 0.6 is 11.6 Å². The standard InChI is InChI=1S/C30H30ClN3O5/c1-2-38-30(37)24-16-32-17-25(24)34-27(20-12-14-21(31)15-13-20)26(22-10-6-7-11-23(22)29(34)36)28(35)33-39-18-19-8-4-3-5-9-19/h3-15,24-27,32H,2,16-18H2,1H3,(H,33,35). The fourth-order valence-corrected chi connectivity index (χ4v) is 5.61. The van der Waals surface area contributed by atoms with E-state index in [9.17, 15) is 14.4 Å². The van der Waals surface area contributed by atoms with Crippen LogP contribution in [0.25, 0.3) is 0 Å². The SMILES string of the molecule is CCOC(=O)C1CNCC1N1C(=O)c2ccccc2C(C(=O)NOCc2ccccc2)C1c1ccc(Cl)cc1. The Kier molecular flexibility index (Phi) is 8.26. The fourth-order valence-electron chi connectivity index (χ4n) is 5.49. The predicted molar refractivity (Wildman–Crippen MR) is 146 cm³/mol. The first-order valence-corrected chi connectivity index (χ1v) is 13.4. The number of nitrogens with zero attached hydrogens (tertiary/aromatic N) is 1. The Balaban J connectivity index is 1.55. The minimum atomic E-state index is -0.806. The molecule has 0 aliphatic carbocycles. The largest absolute Gasteiger partial charge is 0.466 e. The number of hydrogen-bond donors (Lipinski definition) is 2. The Bertz CT molecular complexity index is 1330. The van der Waals surface area contributed by atoms with Gasteiger partial charge in [0, 0.05) is 23.7 Å². The topological polar surface area (TPSA) is 97.0 Å². The van der Waals surface area contributed by atoms with Crippen molar-refractivity contribution < 1.29 is 24.0 Å². The molecule has 39 heavy (non-hydrogen) atoms. The molecule has 1 fully saturated rings. The smallest absolute Gasteiger partial charge is 0.312 e. The summed E-state index contributed by atoms with van der Waals surface area (Å²) in [5.74, 6) is -2.40. The van der Waals surface area contributed by atoms with Crippen LogP contribution in [-0.4, -0.2) is 48.4 Å². The maximum absolute atomic E-state index is 14.1. The minimum Gasteiger partial charge on any atom is -0.466 e. The van der Waals surface area contributed by atoms with E-state index >= 15 is 0 Å². The lowest BCUT2D eigenvalue weighted by molar-refractivity contribution is -0.149. The van der Waals surface area contributed by atoms with Gasteiger partial charge < -0.3 is 15.0 Å². The maximum atomic E-state index is 14.1. The average Bonchev–Trinajstić information content (AvgIpc) is 3.44. The van der Waals surface area contributed by atoms with Crippen LogP contribution in [-0.2, 0) is 25.8 Å². The number of fused-ring (bicyclic) bond motifs is 1. The van der Waals surface area contributed by atoms with Gasteiger partial charge in [-0.2, -0.15) is 0 Å². The lowest BCUT2D eigenvalue weighted by Gasteiger charge is -2.45. The zero-order chi connectivity index (χ0) is 27.4. The van der Waals surface area contributed by atoms with Crippen LogP contribution < -0.4 is 10.8 Å². The molecular weight excluding hydrogens is 518 g/mol. The van der Waals surface area contributed by atoms with E-state index in [0.717, 1.165) is 11.1 Å². The van der Waals surface area contributed by atoms with Gasteiger partial charge in [0.1, 0.15) is 0 Å². The molecule has 8 nitrogen and oxygen atoms in total. The minimum absolute atomic E-state index is 0.187. The summed E-state index contributed by atoms with van der Waals surface area (Å²) in [6, 6.07) is 22.5. The molecule has 2 amide bonds. The highest BCUT2D eigenvalue weighted by Gasteiger charge is 2.50. The number of halogens is 1. The molecule has 9 heteroatoms. The van der Waals surface area contributed by atoms with Gasteiger partial charge in [-0.25, -0.2) is 5.48 Å². The lowest BCUT2D eigenvalue weighted by atomic mass is 9.78. The average molecular weight is 548 g/mol. The second kappa shape index (κ2) is 12.0. The molecule has 0 aromatic heterocycles. The Labute approximate surface area is 232 Å². The number of carbonyl (C=O) groups is 3. The van der Waals surface area contributed by atoms with Crippen molar-refractivity contribution in [1.82, 2.24) is 15.7 Å². The van der Waals surface area contributed by atoms with E-state index in [2.05, 4.69) is 10.8 Å². The first kappa shape index (κ1) is 26.9. The molecule has 2 heterocycles. The summed E-state index contributed by atoms with van der Waals surface area (Å²) in [7, 11) is 0. The predicted octanol–water partition coefficient (Wildman–Crippen LogP) is 4.02. The molecule has 0 saturated carbocycles. The van der Waals surface area contributed by atoms with Gasteiger partial charge in [-0.05, 0) is 41.8 Å². The summed E-state index contributed by atoms with van der Waals surface area (Å²) in [6.07, 6.45) is 0. The van der Waals surface area contributed by atoms with Gasteiger partial charge in [-0.15, -0.1) is 0 Å². The van der Waals surface area contributed by atoms with E-state index in [1.807, 2.05) is 48.5 Å². The van der Waals surface area contributed by atoms with E-state index in [-0.39, 0.29) is 25.1 Å². The van der Waals surface area contributed by atoms with E-state index in [1.54, 1.807) is 42.2 Å². The number of ether oxygens (including phenoxy) is 1. The number of rotatable bonds is 8. The molecule has 202 valence electrons. The van der Waals surface area contributed by atoms with Gasteiger partial charge in [0.2, 0.25) is 0 Å². The van der Waals surface area contributed by atoms with Crippen LogP contribution in [0.1, 0.15) is 45.9 Å². The number of carbonyl (C=O) groups excluding carboxylic acids is 3. The molecule has 0 radical (unpaired) electrons. The van der Waals surface area contributed by atoms with E-state index in [0.29, 0.717) is 29.2 Å². The summed E-state index contributed by atoms with van der Waals surface area (Å²) >= 11 is 6.20. The second-order valence-corrected chi connectivity index (χ2v) is 10.0. The molecule has 0 bridgehead atoms. The highest BCUT2D eigenvalue weighted by atomic mass is 35.5. The van der Waals surface area contributed by atoms with Crippen LogP contribution in [0.4, 0.5) is 0 Å². The van der Waals surface area contributed by atoms with Gasteiger partial charge in [0.25, 0.3) is 11.8 Å². The van der Waals surface area contributed by atoms with Gasteiger partial charge in [-0.1, -0.05) is 72.3 Å². The van der Waals surface area contributed by atoms with Crippen molar-refractivity contribution in [2.45, 2.75) is 31.5 Å². The number of hydrogen-bond acceptors (Lipinski definition) is 6. The number of amides is 2. The Morgan fingerprint density at radius 1 is 1.00 bits per heavy atom. The molecule has 4 atom stereocenters. The number of esters is 1. The van der Waals surface area contributed by atoms with Crippen LogP contribution in [0.15, 0.2) is 78.9 Å². The fraction of sp³-hybridized carbons (Fsp3) is 0.300. The van der Waals surface area contributed by atoms with Crippen LogP contribution in [0, 0.1) is 5.92 Å². The van der Waals surface area contributed by atoms with Crippen molar-refractivity contribution in [3.8, 4) is 0 Å². The molecule has 2 N–H and O–H groups in total. The van der Waals surface area contributed by atoms with E-state index in [4.69, 9.17) is 21.2 Å². The van der Waals surface area contributed by atoms with Gasteiger partial charge in [0.15, 0.2) is 0 Å². The molecule has 0 spiro atoms.